The number of rotatable bonds is 3. The van der Waals surface area contributed by atoms with Crippen molar-refractivity contribution >= 4 is 17.0 Å². The van der Waals surface area contributed by atoms with E-state index in [0.29, 0.717) is 17.0 Å². The van der Waals surface area contributed by atoms with E-state index in [4.69, 9.17) is 5.11 Å². The Morgan fingerprint density at radius 1 is 1.42 bits per heavy atom. The predicted molar refractivity (Wildman–Crippen MR) is 66.4 cm³/mol. The van der Waals surface area contributed by atoms with Crippen molar-refractivity contribution < 1.29 is 14.3 Å². The highest BCUT2D eigenvalue weighted by molar-refractivity contribution is 5.92. The molecule has 1 heterocycles. The van der Waals surface area contributed by atoms with Gasteiger partial charge in [0, 0.05) is 12.6 Å². The maximum atomic E-state index is 13.5. The predicted octanol–water partition coefficient (Wildman–Crippen LogP) is 2.46. The number of benzene rings is 1. The largest absolute Gasteiger partial charge is 0.478 e. The molecule has 1 aliphatic rings. The fourth-order valence-electron chi connectivity index (χ4n) is 2.72. The Balaban J connectivity index is 2.00. The zero-order valence-electron chi connectivity index (χ0n) is 10.3. The van der Waals surface area contributed by atoms with Gasteiger partial charge < -0.3 is 5.11 Å². The van der Waals surface area contributed by atoms with Gasteiger partial charge in [-0.3, -0.25) is 0 Å². The van der Waals surface area contributed by atoms with Gasteiger partial charge in [0.2, 0.25) is 0 Å². The lowest BCUT2D eigenvalue weighted by Crippen LogP contribution is -2.09. The maximum Gasteiger partial charge on any atom is 0.338 e. The molecule has 0 bridgehead atoms. The van der Waals surface area contributed by atoms with Gasteiger partial charge >= 0.3 is 5.97 Å². The summed E-state index contributed by atoms with van der Waals surface area (Å²) in [4.78, 5) is 11.0. The van der Waals surface area contributed by atoms with Crippen molar-refractivity contribution in [2.24, 2.45) is 5.92 Å². The van der Waals surface area contributed by atoms with Gasteiger partial charge in [-0.2, -0.15) is 0 Å². The minimum atomic E-state index is -1.27. The normalized spacial score (nSPS) is 16.3. The Morgan fingerprint density at radius 3 is 2.84 bits per heavy atom. The summed E-state index contributed by atoms with van der Waals surface area (Å²) in [6.45, 7) is 0.723. The number of carboxylic acid groups (broad SMARTS) is 1. The third-order valence-electron chi connectivity index (χ3n) is 3.74. The molecule has 0 radical (unpaired) electrons. The van der Waals surface area contributed by atoms with Crippen LogP contribution in [-0.2, 0) is 6.54 Å². The van der Waals surface area contributed by atoms with Crippen LogP contribution < -0.4 is 0 Å². The van der Waals surface area contributed by atoms with E-state index in [1.54, 1.807) is 4.68 Å². The molecule has 0 spiro atoms. The smallest absolute Gasteiger partial charge is 0.338 e. The van der Waals surface area contributed by atoms with Crippen LogP contribution in [0.25, 0.3) is 11.0 Å². The van der Waals surface area contributed by atoms with Crippen LogP contribution in [0.15, 0.2) is 12.1 Å². The molecule has 5 nitrogen and oxygen atoms in total. The van der Waals surface area contributed by atoms with Crippen molar-refractivity contribution in [2.45, 2.75) is 32.2 Å². The average Bonchev–Trinajstić information content (AvgIpc) is 2.99. The first-order valence-corrected chi connectivity index (χ1v) is 6.41. The molecule has 0 aliphatic heterocycles. The van der Waals surface area contributed by atoms with Gasteiger partial charge in [-0.15, -0.1) is 5.10 Å². The molecule has 1 saturated carbocycles. The molecule has 0 unspecified atom stereocenters. The zero-order chi connectivity index (χ0) is 13.4. The fourth-order valence-corrected chi connectivity index (χ4v) is 2.72. The molecular weight excluding hydrogens is 249 g/mol. The second-order valence-electron chi connectivity index (χ2n) is 5.05. The quantitative estimate of drug-likeness (QED) is 0.923. The number of nitrogens with zero attached hydrogens (tertiary/aromatic N) is 3. The van der Waals surface area contributed by atoms with Gasteiger partial charge in [0.1, 0.15) is 11.3 Å². The summed E-state index contributed by atoms with van der Waals surface area (Å²) in [7, 11) is 0. The number of fused-ring (bicyclic) bond motifs is 1. The van der Waals surface area contributed by atoms with E-state index in [9.17, 15) is 9.18 Å². The molecule has 6 heteroatoms. The third-order valence-corrected chi connectivity index (χ3v) is 3.74. The molecule has 1 aromatic heterocycles. The SMILES string of the molecule is O=C(O)c1cc2c(cc1F)nnn2CC1CCCC1. The van der Waals surface area contributed by atoms with Gasteiger partial charge in [-0.05, 0) is 24.8 Å². The number of hydrogen-bond donors (Lipinski definition) is 1. The lowest BCUT2D eigenvalue weighted by Gasteiger charge is -2.09. The highest BCUT2D eigenvalue weighted by Gasteiger charge is 2.19. The molecule has 1 aliphatic carbocycles. The fraction of sp³-hybridized carbons (Fsp3) is 0.462. The van der Waals surface area contributed by atoms with Crippen molar-refractivity contribution in [3.8, 4) is 0 Å². The minimum absolute atomic E-state index is 0.331. The molecule has 19 heavy (non-hydrogen) atoms. The molecule has 3 rings (SSSR count). The summed E-state index contributed by atoms with van der Waals surface area (Å²) in [5.74, 6) is -1.48. The van der Waals surface area contributed by atoms with Crippen LogP contribution in [-0.4, -0.2) is 26.1 Å². The van der Waals surface area contributed by atoms with Crippen LogP contribution in [0.5, 0.6) is 0 Å². The van der Waals surface area contributed by atoms with Crippen molar-refractivity contribution in [1.82, 2.24) is 15.0 Å². The number of carboxylic acids is 1. The van der Waals surface area contributed by atoms with E-state index >= 15 is 0 Å². The van der Waals surface area contributed by atoms with Crippen LogP contribution >= 0.6 is 0 Å². The van der Waals surface area contributed by atoms with Gasteiger partial charge in [-0.1, -0.05) is 18.1 Å². The Morgan fingerprint density at radius 2 is 2.16 bits per heavy atom. The number of hydrogen-bond acceptors (Lipinski definition) is 3. The zero-order valence-corrected chi connectivity index (χ0v) is 10.3. The molecule has 1 N–H and O–H groups in total. The summed E-state index contributed by atoms with van der Waals surface area (Å²) in [5.41, 5.74) is 0.661. The van der Waals surface area contributed by atoms with Gasteiger partial charge in [0.25, 0.3) is 0 Å². The topological polar surface area (TPSA) is 68.0 Å². The molecule has 0 amide bonds. The monoisotopic (exact) mass is 263 g/mol. The summed E-state index contributed by atoms with van der Waals surface area (Å²) in [5, 5.41) is 16.9. The lowest BCUT2D eigenvalue weighted by atomic mass is 10.1. The Kier molecular flexibility index (Phi) is 2.93. The van der Waals surface area contributed by atoms with Gasteiger partial charge in [-0.25, -0.2) is 13.9 Å². The maximum absolute atomic E-state index is 13.5. The van der Waals surface area contributed by atoms with Gasteiger partial charge in [0.05, 0.1) is 11.1 Å². The van der Waals surface area contributed by atoms with Crippen molar-refractivity contribution in [2.75, 3.05) is 0 Å². The van der Waals surface area contributed by atoms with Crippen molar-refractivity contribution in [1.29, 1.82) is 0 Å². The summed E-state index contributed by atoms with van der Waals surface area (Å²) in [6, 6.07) is 2.46. The average molecular weight is 263 g/mol. The van der Waals surface area contributed by atoms with Crippen LogP contribution in [0.1, 0.15) is 36.0 Å². The van der Waals surface area contributed by atoms with Crippen LogP contribution in [0.4, 0.5) is 4.39 Å². The first kappa shape index (κ1) is 12.1. The van der Waals surface area contributed by atoms with E-state index in [0.717, 1.165) is 25.5 Å². The van der Waals surface area contributed by atoms with Crippen LogP contribution in [0.2, 0.25) is 0 Å². The lowest BCUT2D eigenvalue weighted by molar-refractivity contribution is 0.0692. The standard InChI is InChI=1S/C13H14FN3O2/c14-10-6-11-12(5-9(10)13(18)19)17(16-15-11)7-8-3-1-2-4-8/h5-6,8H,1-4,7H2,(H,18,19). The molecular formula is C13H14FN3O2. The van der Waals surface area contributed by atoms with Gasteiger partial charge in [0.15, 0.2) is 0 Å². The second-order valence-corrected chi connectivity index (χ2v) is 5.05. The van der Waals surface area contributed by atoms with E-state index in [-0.39, 0.29) is 5.56 Å². The molecule has 0 saturated heterocycles. The molecule has 100 valence electrons. The number of aromatic carboxylic acids is 1. The Bertz CT molecular complexity index is 632. The Hall–Kier alpha value is -1.98. The van der Waals surface area contributed by atoms with E-state index < -0.39 is 11.8 Å². The number of carbonyl (C=O) groups is 1. The molecule has 2 aromatic rings. The van der Waals surface area contributed by atoms with E-state index in [1.165, 1.54) is 18.9 Å². The molecule has 0 atom stereocenters. The van der Waals surface area contributed by atoms with Crippen molar-refractivity contribution in [3.05, 3.63) is 23.5 Å². The minimum Gasteiger partial charge on any atom is -0.478 e. The van der Waals surface area contributed by atoms with E-state index in [1.807, 2.05) is 0 Å². The van der Waals surface area contributed by atoms with Crippen LogP contribution in [0.3, 0.4) is 0 Å². The highest BCUT2D eigenvalue weighted by atomic mass is 19.1. The number of halogens is 1. The summed E-state index contributed by atoms with van der Waals surface area (Å²) >= 11 is 0. The number of aromatic nitrogens is 3. The van der Waals surface area contributed by atoms with Crippen LogP contribution in [0, 0.1) is 11.7 Å². The summed E-state index contributed by atoms with van der Waals surface area (Å²) in [6.07, 6.45) is 4.78. The molecule has 1 fully saturated rings. The third kappa shape index (κ3) is 2.18. The Labute approximate surface area is 109 Å². The second kappa shape index (κ2) is 4.60. The first-order chi connectivity index (χ1) is 9.15. The molecule has 1 aromatic carbocycles. The van der Waals surface area contributed by atoms with E-state index in [2.05, 4.69) is 10.3 Å². The highest BCUT2D eigenvalue weighted by Crippen LogP contribution is 2.27. The van der Waals surface area contributed by atoms with Crippen molar-refractivity contribution in [3.63, 3.8) is 0 Å². The summed E-state index contributed by atoms with van der Waals surface area (Å²) < 4.78 is 15.2. The first-order valence-electron chi connectivity index (χ1n) is 6.41.